The van der Waals surface area contributed by atoms with Gasteiger partial charge in [-0.2, -0.15) is 11.8 Å². The van der Waals surface area contributed by atoms with Crippen molar-refractivity contribution in [3.8, 4) is 0 Å². The van der Waals surface area contributed by atoms with Crippen molar-refractivity contribution in [2.24, 2.45) is 5.92 Å². The van der Waals surface area contributed by atoms with Crippen LogP contribution in [0, 0.1) is 5.92 Å². The molecular formula is C22H29N3O4S2. The van der Waals surface area contributed by atoms with Crippen LogP contribution >= 0.6 is 23.1 Å². The van der Waals surface area contributed by atoms with Crippen molar-refractivity contribution in [3.63, 3.8) is 0 Å². The van der Waals surface area contributed by atoms with Gasteiger partial charge in [0.2, 0.25) is 5.91 Å². The highest BCUT2D eigenvalue weighted by molar-refractivity contribution is 7.98. The highest BCUT2D eigenvalue weighted by Gasteiger charge is 2.31. The predicted molar refractivity (Wildman–Crippen MR) is 123 cm³/mol. The third kappa shape index (κ3) is 4.69. The molecule has 3 aliphatic rings. The van der Waals surface area contributed by atoms with Gasteiger partial charge in [0.1, 0.15) is 10.7 Å². The van der Waals surface area contributed by atoms with Crippen LogP contribution in [0.25, 0.3) is 10.2 Å². The third-order valence-electron chi connectivity index (χ3n) is 6.50. The van der Waals surface area contributed by atoms with E-state index in [9.17, 15) is 9.59 Å². The predicted octanol–water partition coefficient (Wildman–Crippen LogP) is 3.10. The Morgan fingerprint density at radius 3 is 2.77 bits per heavy atom. The van der Waals surface area contributed by atoms with Crippen LogP contribution in [0.2, 0.25) is 0 Å². The van der Waals surface area contributed by atoms with Gasteiger partial charge in [-0.05, 0) is 44.1 Å². The Morgan fingerprint density at radius 2 is 1.97 bits per heavy atom. The van der Waals surface area contributed by atoms with Gasteiger partial charge in [-0.15, -0.1) is 11.3 Å². The van der Waals surface area contributed by atoms with Gasteiger partial charge >= 0.3 is 0 Å². The van der Waals surface area contributed by atoms with Crippen LogP contribution < -0.4 is 5.56 Å². The molecule has 2 aliphatic heterocycles. The Morgan fingerprint density at radius 1 is 1.19 bits per heavy atom. The molecule has 0 bridgehead atoms. The van der Waals surface area contributed by atoms with E-state index in [0.29, 0.717) is 37.1 Å². The molecular weight excluding hydrogens is 434 g/mol. The first kappa shape index (κ1) is 21.4. The van der Waals surface area contributed by atoms with E-state index < -0.39 is 0 Å². The summed E-state index contributed by atoms with van der Waals surface area (Å²) in [6, 6.07) is 0. The lowest BCUT2D eigenvalue weighted by Crippen LogP contribution is -2.41. The number of aromatic amines is 1. The maximum atomic E-state index is 12.6. The number of amides is 1. The van der Waals surface area contributed by atoms with Crippen molar-refractivity contribution in [3.05, 3.63) is 26.6 Å². The lowest BCUT2D eigenvalue weighted by Gasteiger charge is -2.33. The summed E-state index contributed by atoms with van der Waals surface area (Å²) in [5, 5.41) is 0.806. The Labute approximate surface area is 189 Å². The lowest BCUT2D eigenvalue weighted by molar-refractivity contribution is -0.136. The maximum Gasteiger partial charge on any atom is 0.259 e. The number of nitrogens with zero attached hydrogens (tertiary/aromatic N) is 2. The fourth-order valence-electron chi connectivity index (χ4n) is 4.83. The van der Waals surface area contributed by atoms with E-state index in [4.69, 9.17) is 14.5 Å². The van der Waals surface area contributed by atoms with Crippen molar-refractivity contribution in [2.45, 2.75) is 57.0 Å². The molecule has 2 aromatic heterocycles. The van der Waals surface area contributed by atoms with Crippen LogP contribution in [0.15, 0.2) is 4.79 Å². The minimum atomic E-state index is -0.0753. The van der Waals surface area contributed by atoms with Crippen LogP contribution in [0.4, 0.5) is 0 Å². The maximum absolute atomic E-state index is 12.6. The topological polar surface area (TPSA) is 84.5 Å². The molecule has 7 nitrogen and oxygen atoms in total. The lowest BCUT2D eigenvalue weighted by atomic mass is 9.96. The molecule has 0 spiro atoms. The number of aromatic nitrogens is 2. The first-order valence-electron chi connectivity index (χ1n) is 11.3. The molecule has 2 saturated heterocycles. The van der Waals surface area contributed by atoms with E-state index in [1.165, 1.54) is 16.9 Å². The fraction of sp³-hybridized carbons (Fsp3) is 0.682. The number of thioether (sulfide) groups is 1. The van der Waals surface area contributed by atoms with Crippen LogP contribution in [0.3, 0.4) is 0 Å². The Hall–Kier alpha value is -1.42. The van der Waals surface area contributed by atoms with Gasteiger partial charge in [-0.1, -0.05) is 0 Å². The van der Waals surface area contributed by atoms with Gasteiger partial charge in [-0.3, -0.25) is 9.59 Å². The van der Waals surface area contributed by atoms with Gasteiger partial charge in [0.15, 0.2) is 6.29 Å². The van der Waals surface area contributed by atoms with Crippen LogP contribution in [0.1, 0.15) is 48.4 Å². The number of H-pyrrole nitrogens is 1. The van der Waals surface area contributed by atoms with Gasteiger partial charge in [0.05, 0.1) is 24.4 Å². The number of fused-ring (bicyclic) bond motifs is 3. The summed E-state index contributed by atoms with van der Waals surface area (Å²) < 4.78 is 11.2. The van der Waals surface area contributed by atoms with Crippen molar-refractivity contribution >= 4 is 39.2 Å². The molecule has 31 heavy (non-hydrogen) atoms. The highest BCUT2D eigenvalue weighted by atomic mass is 32.2. The molecule has 0 atom stereocenters. The van der Waals surface area contributed by atoms with E-state index in [0.717, 1.165) is 61.2 Å². The van der Waals surface area contributed by atoms with Crippen molar-refractivity contribution < 1.29 is 14.3 Å². The van der Waals surface area contributed by atoms with Crippen LogP contribution in [-0.4, -0.2) is 59.1 Å². The second-order valence-electron chi connectivity index (χ2n) is 8.53. The normalized spacial score (nSPS) is 20.5. The van der Waals surface area contributed by atoms with Crippen LogP contribution in [-0.2, 0) is 32.9 Å². The second kappa shape index (κ2) is 9.60. The van der Waals surface area contributed by atoms with Crippen molar-refractivity contribution in [1.29, 1.82) is 0 Å². The Balaban J connectivity index is 1.09. The SMILES string of the molecule is O=C(CCSCc1nc2sc3c(c2c(=O)[nH]1)CCCC3)N1CCC(C2OCCO2)CC1. The zero-order valence-electron chi connectivity index (χ0n) is 17.7. The summed E-state index contributed by atoms with van der Waals surface area (Å²) in [4.78, 5) is 37.0. The number of carbonyl (C=O) groups excluding carboxylic acids is 1. The number of likely N-dealkylation sites (tertiary alicyclic amines) is 1. The summed E-state index contributed by atoms with van der Waals surface area (Å²) in [6.07, 6.45) is 6.75. The molecule has 1 amide bonds. The first-order chi connectivity index (χ1) is 15.2. The number of piperidine rings is 1. The zero-order chi connectivity index (χ0) is 21.2. The van der Waals surface area contributed by atoms with Gasteiger partial charge in [-0.25, -0.2) is 4.98 Å². The van der Waals surface area contributed by atoms with E-state index in [1.807, 2.05) is 4.90 Å². The number of ether oxygens (including phenoxy) is 2. The van der Waals surface area contributed by atoms with Crippen LogP contribution in [0.5, 0.6) is 0 Å². The smallest absolute Gasteiger partial charge is 0.259 e. The number of hydrogen-bond acceptors (Lipinski definition) is 7. The standard InChI is InChI=1S/C22H29N3O4S2/c26-18(25-8-5-14(6-9-25)22-28-10-11-29-22)7-12-30-13-17-23-20(27)19-15-3-1-2-4-16(15)31-21(19)24-17/h14,22H,1-13H2,(H,23,24,27). The summed E-state index contributed by atoms with van der Waals surface area (Å²) in [7, 11) is 0. The number of carbonyl (C=O) groups is 1. The average Bonchev–Trinajstić information content (AvgIpc) is 3.45. The van der Waals surface area contributed by atoms with Gasteiger partial charge in [0, 0.05) is 36.1 Å². The second-order valence-corrected chi connectivity index (χ2v) is 10.7. The summed E-state index contributed by atoms with van der Waals surface area (Å²) >= 11 is 3.34. The molecule has 0 saturated carbocycles. The fourth-order valence-corrected chi connectivity index (χ4v) is 6.91. The Bertz CT molecular complexity index is 991. The van der Waals surface area contributed by atoms with E-state index >= 15 is 0 Å². The van der Waals surface area contributed by atoms with Gasteiger partial charge in [0.25, 0.3) is 5.56 Å². The molecule has 1 N–H and O–H groups in total. The number of thiophene rings is 1. The van der Waals surface area contributed by atoms with Crippen molar-refractivity contribution in [1.82, 2.24) is 14.9 Å². The number of nitrogens with one attached hydrogen (secondary N) is 1. The minimum absolute atomic E-state index is 0.00540. The van der Waals surface area contributed by atoms with E-state index in [1.54, 1.807) is 23.1 Å². The van der Waals surface area contributed by atoms with E-state index in [2.05, 4.69) is 4.98 Å². The highest BCUT2D eigenvalue weighted by Crippen LogP contribution is 2.33. The number of hydrogen-bond donors (Lipinski definition) is 1. The zero-order valence-corrected chi connectivity index (χ0v) is 19.3. The van der Waals surface area contributed by atoms with E-state index in [-0.39, 0.29) is 17.8 Å². The minimum Gasteiger partial charge on any atom is -0.350 e. The average molecular weight is 464 g/mol. The number of rotatable bonds is 6. The van der Waals surface area contributed by atoms with Gasteiger partial charge < -0.3 is 19.4 Å². The number of aryl methyl sites for hydroxylation is 2. The third-order valence-corrected chi connectivity index (χ3v) is 8.65. The summed E-state index contributed by atoms with van der Waals surface area (Å²) in [6.45, 7) is 2.93. The molecule has 0 radical (unpaired) electrons. The molecule has 5 rings (SSSR count). The summed E-state index contributed by atoms with van der Waals surface area (Å²) in [5.41, 5.74) is 1.22. The molecule has 168 valence electrons. The Kier molecular flexibility index (Phi) is 6.64. The molecule has 1 aliphatic carbocycles. The monoisotopic (exact) mass is 463 g/mol. The molecule has 2 aromatic rings. The molecule has 2 fully saturated rings. The largest absolute Gasteiger partial charge is 0.350 e. The molecule has 9 heteroatoms. The quantitative estimate of drug-likeness (QED) is 0.663. The first-order valence-corrected chi connectivity index (χ1v) is 13.3. The molecule has 0 unspecified atom stereocenters. The molecule has 4 heterocycles. The molecule has 0 aromatic carbocycles. The summed E-state index contributed by atoms with van der Waals surface area (Å²) in [5.74, 6) is 2.69. The van der Waals surface area contributed by atoms with Crippen molar-refractivity contribution in [2.75, 3.05) is 32.1 Å².